The Bertz CT molecular complexity index is 439. The molecule has 0 spiro atoms. The van der Waals surface area contributed by atoms with Gasteiger partial charge >= 0.3 is 0 Å². The van der Waals surface area contributed by atoms with Gasteiger partial charge in [0.15, 0.2) is 0 Å². The predicted molar refractivity (Wildman–Crippen MR) is 80.2 cm³/mol. The molecule has 4 heteroatoms. The minimum Gasteiger partial charge on any atom is -0.318 e. The van der Waals surface area contributed by atoms with Crippen LogP contribution in [0.25, 0.3) is 0 Å². The van der Waals surface area contributed by atoms with Crippen LogP contribution in [0.5, 0.6) is 0 Å². The molecule has 2 rings (SSSR count). The SMILES string of the molecule is CCC(CC)C(C)N1C(=O)CNC1c1ccc(C)s1. The molecule has 0 aliphatic carbocycles. The molecular formula is C15H24N2OS. The first-order chi connectivity index (χ1) is 9.08. The summed E-state index contributed by atoms with van der Waals surface area (Å²) in [5, 5.41) is 3.36. The number of hydrogen-bond donors (Lipinski definition) is 1. The summed E-state index contributed by atoms with van der Waals surface area (Å²) in [4.78, 5) is 16.8. The molecule has 1 aliphatic rings. The van der Waals surface area contributed by atoms with Crippen molar-refractivity contribution in [2.24, 2.45) is 5.92 Å². The summed E-state index contributed by atoms with van der Waals surface area (Å²) >= 11 is 1.78. The summed E-state index contributed by atoms with van der Waals surface area (Å²) in [6, 6.07) is 4.57. The van der Waals surface area contributed by atoms with E-state index in [0.717, 1.165) is 12.8 Å². The molecule has 1 aliphatic heterocycles. The fourth-order valence-electron chi connectivity index (χ4n) is 3.02. The van der Waals surface area contributed by atoms with Crippen LogP contribution in [0.4, 0.5) is 0 Å². The Morgan fingerprint density at radius 2 is 2.11 bits per heavy atom. The number of nitrogens with one attached hydrogen (secondary N) is 1. The molecule has 1 fully saturated rings. The quantitative estimate of drug-likeness (QED) is 0.897. The Kier molecular flexibility index (Phi) is 4.63. The van der Waals surface area contributed by atoms with Crippen molar-refractivity contribution < 1.29 is 4.79 Å². The number of hydrogen-bond acceptors (Lipinski definition) is 3. The molecule has 1 amide bonds. The monoisotopic (exact) mass is 280 g/mol. The maximum absolute atomic E-state index is 12.2. The fourth-order valence-corrected chi connectivity index (χ4v) is 3.97. The average Bonchev–Trinajstić information content (AvgIpc) is 2.96. The van der Waals surface area contributed by atoms with Crippen molar-refractivity contribution >= 4 is 17.2 Å². The first-order valence-electron chi connectivity index (χ1n) is 7.19. The van der Waals surface area contributed by atoms with E-state index >= 15 is 0 Å². The molecule has 106 valence electrons. The van der Waals surface area contributed by atoms with Gasteiger partial charge in [-0.25, -0.2) is 0 Å². The van der Waals surface area contributed by atoms with Crippen LogP contribution in [0.1, 0.15) is 49.5 Å². The molecule has 0 saturated carbocycles. The normalized spacial score (nSPS) is 21.4. The van der Waals surface area contributed by atoms with Crippen LogP contribution in [-0.4, -0.2) is 23.4 Å². The van der Waals surface area contributed by atoms with Gasteiger partial charge in [0.1, 0.15) is 6.17 Å². The van der Waals surface area contributed by atoms with E-state index in [1.165, 1.54) is 9.75 Å². The minimum atomic E-state index is 0.0711. The van der Waals surface area contributed by atoms with E-state index in [0.29, 0.717) is 18.5 Å². The fraction of sp³-hybridized carbons (Fsp3) is 0.667. The van der Waals surface area contributed by atoms with Crippen LogP contribution >= 0.6 is 11.3 Å². The highest BCUT2D eigenvalue weighted by atomic mass is 32.1. The van der Waals surface area contributed by atoms with E-state index in [2.05, 4.69) is 50.0 Å². The summed E-state index contributed by atoms with van der Waals surface area (Å²) in [7, 11) is 0. The first-order valence-corrected chi connectivity index (χ1v) is 8.01. The minimum absolute atomic E-state index is 0.0711. The van der Waals surface area contributed by atoms with Crippen molar-refractivity contribution in [2.75, 3.05) is 6.54 Å². The van der Waals surface area contributed by atoms with Gasteiger partial charge in [-0.15, -0.1) is 11.3 Å². The van der Waals surface area contributed by atoms with Crippen molar-refractivity contribution in [1.82, 2.24) is 10.2 Å². The number of thiophene rings is 1. The van der Waals surface area contributed by atoms with Crippen LogP contribution in [0.15, 0.2) is 12.1 Å². The largest absolute Gasteiger partial charge is 0.318 e. The molecule has 0 radical (unpaired) electrons. The molecule has 3 nitrogen and oxygen atoms in total. The second-order valence-electron chi connectivity index (χ2n) is 5.35. The number of carbonyl (C=O) groups excluding carboxylic acids is 1. The lowest BCUT2D eigenvalue weighted by Crippen LogP contribution is -2.41. The summed E-state index contributed by atoms with van der Waals surface area (Å²) in [5.74, 6) is 0.808. The third kappa shape index (κ3) is 2.84. The summed E-state index contributed by atoms with van der Waals surface area (Å²) in [6.45, 7) is 9.19. The van der Waals surface area contributed by atoms with E-state index in [1.807, 2.05) is 0 Å². The second kappa shape index (κ2) is 6.06. The molecule has 0 bridgehead atoms. The zero-order valence-corrected chi connectivity index (χ0v) is 13.1. The molecule has 1 aromatic heterocycles. The van der Waals surface area contributed by atoms with Gasteiger partial charge in [0.2, 0.25) is 5.91 Å². The molecule has 2 atom stereocenters. The molecule has 1 N–H and O–H groups in total. The van der Waals surface area contributed by atoms with E-state index in [1.54, 1.807) is 11.3 Å². The molecule has 2 unspecified atom stereocenters. The third-order valence-electron chi connectivity index (χ3n) is 4.21. The van der Waals surface area contributed by atoms with E-state index in [-0.39, 0.29) is 12.1 Å². The molecule has 0 aromatic carbocycles. The Hall–Kier alpha value is -0.870. The topological polar surface area (TPSA) is 32.3 Å². The lowest BCUT2D eigenvalue weighted by molar-refractivity contribution is -0.131. The van der Waals surface area contributed by atoms with Gasteiger partial charge in [-0.05, 0) is 31.9 Å². The Labute approximate surface area is 120 Å². The maximum atomic E-state index is 12.2. The standard InChI is InChI=1S/C15H24N2OS/c1-5-12(6-2)11(4)17-14(18)9-16-15(17)13-8-7-10(3)19-13/h7-8,11-12,15-16H,5-6,9H2,1-4H3. The van der Waals surface area contributed by atoms with Crippen LogP contribution in [-0.2, 0) is 4.79 Å². The van der Waals surface area contributed by atoms with Crippen LogP contribution < -0.4 is 5.32 Å². The highest BCUT2D eigenvalue weighted by molar-refractivity contribution is 7.12. The van der Waals surface area contributed by atoms with Crippen LogP contribution in [0, 0.1) is 12.8 Å². The Morgan fingerprint density at radius 1 is 1.42 bits per heavy atom. The van der Waals surface area contributed by atoms with E-state index < -0.39 is 0 Å². The zero-order valence-electron chi connectivity index (χ0n) is 12.3. The molecule has 2 heterocycles. The van der Waals surface area contributed by atoms with Gasteiger partial charge in [-0.1, -0.05) is 26.7 Å². The van der Waals surface area contributed by atoms with Gasteiger partial charge in [0.25, 0.3) is 0 Å². The number of carbonyl (C=O) groups is 1. The highest BCUT2D eigenvalue weighted by Crippen LogP contribution is 2.33. The molecular weight excluding hydrogens is 256 g/mol. The zero-order chi connectivity index (χ0) is 14.0. The molecule has 1 saturated heterocycles. The summed E-state index contributed by atoms with van der Waals surface area (Å²) in [6.07, 6.45) is 2.32. The van der Waals surface area contributed by atoms with Gasteiger partial charge < -0.3 is 4.90 Å². The lowest BCUT2D eigenvalue weighted by atomic mass is 9.94. The summed E-state index contributed by atoms with van der Waals surface area (Å²) in [5.41, 5.74) is 0. The lowest BCUT2D eigenvalue weighted by Gasteiger charge is -2.34. The first kappa shape index (κ1) is 14.5. The molecule has 1 aromatic rings. The van der Waals surface area contributed by atoms with Crippen LogP contribution in [0.2, 0.25) is 0 Å². The average molecular weight is 280 g/mol. The maximum Gasteiger partial charge on any atom is 0.238 e. The number of rotatable bonds is 5. The summed E-state index contributed by atoms with van der Waals surface area (Å²) < 4.78 is 0. The predicted octanol–water partition coefficient (Wildman–Crippen LogP) is 3.31. The number of aryl methyl sites for hydroxylation is 1. The van der Waals surface area contributed by atoms with Crippen molar-refractivity contribution in [2.45, 2.75) is 52.7 Å². The Balaban J connectivity index is 2.22. The smallest absolute Gasteiger partial charge is 0.238 e. The third-order valence-corrected chi connectivity index (χ3v) is 5.27. The van der Waals surface area contributed by atoms with E-state index in [9.17, 15) is 4.79 Å². The Morgan fingerprint density at radius 3 is 2.63 bits per heavy atom. The van der Waals surface area contributed by atoms with Crippen LogP contribution in [0.3, 0.4) is 0 Å². The highest BCUT2D eigenvalue weighted by Gasteiger charge is 2.37. The van der Waals surface area contributed by atoms with Crippen molar-refractivity contribution in [1.29, 1.82) is 0 Å². The van der Waals surface area contributed by atoms with Crippen molar-refractivity contribution in [3.8, 4) is 0 Å². The number of nitrogens with zero attached hydrogens (tertiary/aromatic N) is 1. The second-order valence-corrected chi connectivity index (χ2v) is 6.67. The van der Waals surface area contributed by atoms with Gasteiger partial charge in [-0.3, -0.25) is 10.1 Å². The van der Waals surface area contributed by atoms with Gasteiger partial charge in [0, 0.05) is 15.8 Å². The van der Waals surface area contributed by atoms with Crippen molar-refractivity contribution in [3.05, 3.63) is 21.9 Å². The molecule has 19 heavy (non-hydrogen) atoms. The van der Waals surface area contributed by atoms with Crippen molar-refractivity contribution in [3.63, 3.8) is 0 Å². The van der Waals surface area contributed by atoms with Gasteiger partial charge in [0.05, 0.1) is 6.54 Å². The van der Waals surface area contributed by atoms with Gasteiger partial charge in [-0.2, -0.15) is 0 Å². The number of amides is 1. The van der Waals surface area contributed by atoms with E-state index in [4.69, 9.17) is 0 Å².